The van der Waals surface area contributed by atoms with E-state index in [4.69, 9.17) is 9.47 Å². The van der Waals surface area contributed by atoms with E-state index in [0.29, 0.717) is 23.4 Å². The van der Waals surface area contributed by atoms with Gasteiger partial charge >= 0.3 is 6.09 Å². The van der Waals surface area contributed by atoms with Crippen molar-refractivity contribution in [3.63, 3.8) is 0 Å². The van der Waals surface area contributed by atoms with Gasteiger partial charge in [-0.25, -0.2) is 4.79 Å². The lowest BCUT2D eigenvalue weighted by molar-refractivity contribution is -0.141. The van der Waals surface area contributed by atoms with Crippen molar-refractivity contribution in [2.75, 3.05) is 19.0 Å². The minimum absolute atomic E-state index is 0.0927. The van der Waals surface area contributed by atoms with Crippen LogP contribution in [-0.2, 0) is 14.3 Å². The smallest absolute Gasteiger partial charge is 0.408 e. The first-order valence-electron chi connectivity index (χ1n) is 13.2. The second-order valence-electron chi connectivity index (χ2n) is 10.8. The van der Waals surface area contributed by atoms with Crippen LogP contribution >= 0.6 is 0 Å². The number of carbonyl (C=O) groups excluding carboxylic acids is 3. The summed E-state index contributed by atoms with van der Waals surface area (Å²) in [5.41, 5.74) is 2.42. The average molecular weight is 538 g/mol. The third-order valence-electron chi connectivity index (χ3n) is 6.24. The van der Waals surface area contributed by atoms with Crippen LogP contribution in [0.25, 0.3) is 0 Å². The summed E-state index contributed by atoms with van der Waals surface area (Å²) in [6, 6.07) is 10.9. The van der Waals surface area contributed by atoms with E-state index < -0.39 is 29.7 Å². The van der Waals surface area contributed by atoms with E-state index in [2.05, 4.69) is 17.2 Å². The Bertz CT molecular complexity index is 1130. The van der Waals surface area contributed by atoms with Crippen LogP contribution in [0.4, 0.5) is 10.5 Å². The maximum atomic E-state index is 14.2. The Hall–Kier alpha value is -3.81. The number of amides is 3. The van der Waals surface area contributed by atoms with Crippen LogP contribution in [0.5, 0.6) is 5.75 Å². The quantitative estimate of drug-likeness (QED) is 0.346. The van der Waals surface area contributed by atoms with Crippen LogP contribution in [0, 0.1) is 19.8 Å². The molecule has 0 spiro atoms. The molecular formula is C31H43N3O5. The number of nitrogens with one attached hydrogen (secondary N) is 2. The fourth-order valence-corrected chi connectivity index (χ4v) is 4.28. The first kappa shape index (κ1) is 31.4. The Morgan fingerprint density at radius 2 is 1.64 bits per heavy atom. The molecule has 0 aliphatic heterocycles. The highest BCUT2D eigenvalue weighted by Gasteiger charge is 2.38. The molecule has 0 saturated heterocycles. The molecule has 0 saturated carbocycles. The largest absolute Gasteiger partial charge is 0.497 e. The zero-order chi connectivity index (χ0) is 29.3. The second-order valence-corrected chi connectivity index (χ2v) is 10.8. The van der Waals surface area contributed by atoms with Crippen molar-refractivity contribution in [2.24, 2.45) is 5.92 Å². The highest BCUT2D eigenvalue weighted by Crippen LogP contribution is 2.28. The second kappa shape index (κ2) is 13.8. The van der Waals surface area contributed by atoms with Gasteiger partial charge in [0.15, 0.2) is 0 Å². The van der Waals surface area contributed by atoms with Crippen LogP contribution in [0.15, 0.2) is 55.1 Å². The molecule has 0 heterocycles. The topological polar surface area (TPSA) is 97.0 Å². The van der Waals surface area contributed by atoms with E-state index >= 15 is 0 Å². The van der Waals surface area contributed by atoms with Crippen molar-refractivity contribution in [3.8, 4) is 5.75 Å². The SMILES string of the molecule is C=CCN(C(=O)C(NC(=O)OC(C)(C)C)C(C)CC)C(C(=O)Nc1ccc(OC)cc1)c1cc(C)cc(C)c1. The Balaban J connectivity index is 2.55. The molecule has 39 heavy (non-hydrogen) atoms. The van der Waals surface area contributed by atoms with Crippen molar-refractivity contribution in [3.05, 3.63) is 71.8 Å². The predicted molar refractivity (Wildman–Crippen MR) is 155 cm³/mol. The average Bonchev–Trinajstić information content (AvgIpc) is 2.85. The lowest BCUT2D eigenvalue weighted by Gasteiger charge is -2.35. The molecule has 3 amide bonds. The molecule has 8 nitrogen and oxygen atoms in total. The molecule has 0 radical (unpaired) electrons. The molecule has 212 valence electrons. The first-order chi connectivity index (χ1) is 18.3. The lowest BCUT2D eigenvalue weighted by atomic mass is 9.94. The van der Waals surface area contributed by atoms with Gasteiger partial charge in [-0.1, -0.05) is 55.7 Å². The van der Waals surface area contributed by atoms with Crippen LogP contribution in [0.2, 0.25) is 0 Å². The molecule has 3 atom stereocenters. The van der Waals surface area contributed by atoms with E-state index in [0.717, 1.165) is 11.1 Å². The summed E-state index contributed by atoms with van der Waals surface area (Å²) in [6.07, 6.45) is 1.51. The van der Waals surface area contributed by atoms with Crippen molar-refractivity contribution in [1.82, 2.24) is 10.2 Å². The molecule has 2 aromatic rings. The lowest BCUT2D eigenvalue weighted by Crippen LogP contribution is -2.54. The van der Waals surface area contributed by atoms with Gasteiger partial charge in [-0.15, -0.1) is 6.58 Å². The number of nitrogens with zero attached hydrogens (tertiary/aromatic N) is 1. The molecule has 8 heteroatoms. The van der Waals surface area contributed by atoms with Gasteiger partial charge in [-0.05, 0) is 70.4 Å². The fourth-order valence-electron chi connectivity index (χ4n) is 4.28. The third kappa shape index (κ3) is 9.16. The molecule has 3 unspecified atom stereocenters. The molecule has 0 aliphatic carbocycles. The molecule has 2 rings (SSSR count). The van der Waals surface area contributed by atoms with Gasteiger partial charge in [0.05, 0.1) is 7.11 Å². The summed E-state index contributed by atoms with van der Waals surface area (Å²) in [5, 5.41) is 5.70. The van der Waals surface area contributed by atoms with Crippen LogP contribution < -0.4 is 15.4 Å². The number of carbonyl (C=O) groups is 3. The molecule has 2 N–H and O–H groups in total. The number of rotatable bonds is 11. The van der Waals surface area contributed by atoms with Crippen molar-refractivity contribution >= 4 is 23.6 Å². The maximum absolute atomic E-state index is 14.2. The summed E-state index contributed by atoms with van der Waals surface area (Å²) < 4.78 is 10.7. The van der Waals surface area contributed by atoms with Gasteiger partial charge in [0.2, 0.25) is 5.91 Å². The van der Waals surface area contributed by atoms with Crippen LogP contribution in [0.3, 0.4) is 0 Å². The first-order valence-corrected chi connectivity index (χ1v) is 13.2. The predicted octanol–water partition coefficient (Wildman–Crippen LogP) is 5.95. The number of methoxy groups -OCH3 is 1. The van der Waals surface area contributed by atoms with E-state index in [1.807, 2.05) is 45.9 Å². The summed E-state index contributed by atoms with van der Waals surface area (Å²) in [7, 11) is 1.57. The van der Waals surface area contributed by atoms with Gasteiger partial charge in [-0.3, -0.25) is 9.59 Å². The zero-order valence-electron chi connectivity index (χ0n) is 24.5. The van der Waals surface area contributed by atoms with Gasteiger partial charge in [-0.2, -0.15) is 0 Å². The highest BCUT2D eigenvalue weighted by atomic mass is 16.6. The highest BCUT2D eigenvalue weighted by molar-refractivity contribution is 5.99. The molecule has 0 bridgehead atoms. The van der Waals surface area contributed by atoms with Gasteiger partial charge in [0.1, 0.15) is 23.4 Å². The van der Waals surface area contributed by atoms with Crippen molar-refractivity contribution in [2.45, 2.75) is 72.6 Å². The maximum Gasteiger partial charge on any atom is 0.408 e. The van der Waals surface area contributed by atoms with Gasteiger partial charge < -0.3 is 25.0 Å². The summed E-state index contributed by atoms with van der Waals surface area (Å²) >= 11 is 0. The van der Waals surface area contributed by atoms with E-state index in [1.165, 1.54) is 4.90 Å². The molecule has 0 aromatic heterocycles. The fraction of sp³-hybridized carbons (Fsp3) is 0.452. The third-order valence-corrected chi connectivity index (χ3v) is 6.24. The number of ether oxygens (including phenoxy) is 2. The normalized spacial score (nSPS) is 13.4. The van der Waals surface area contributed by atoms with Crippen LogP contribution in [0.1, 0.15) is 63.8 Å². The van der Waals surface area contributed by atoms with Crippen LogP contribution in [-0.4, -0.2) is 48.1 Å². The number of aryl methyl sites for hydroxylation is 2. The number of hydrogen-bond acceptors (Lipinski definition) is 5. The summed E-state index contributed by atoms with van der Waals surface area (Å²) in [4.78, 5) is 42.3. The molecule has 2 aromatic carbocycles. The Morgan fingerprint density at radius 1 is 1.05 bits per heavy atom. The Labute approximate surface area is 232 Å². The number of hydrogen-bond donors (Lipinski definition) is 2. The number of anilines is 1. The van der Waals surface area contributed by atoms with E-state index in [1.54, 1.807) is 58.2 Å². The minimum atomic E-state index is -0.983. The standard InChI is InChI=1S/C31H43N3O5/c1-10-16-34(29(36)26(22(5)11-2)33-30(37)39-31(6,7)8)27(23-18-20(3)17-21(4)19-23)28(35)32-24-12-14-25(38-9)15-13-24/h10,12-15,17-19,22,26-27H,1,11,16H2,2-9H3,(H,32,35)(H,33,37). The summed E-state index contributed by atoms with van der Waals surface area (Å²) in [6.45, 7) is 16.9. The minimum Gasteiger partial charge on any atom is -0.497 e. The van der Waals surface area contributed by atoms with E-state index in [9.17, 15) is 14.4 Å². The molecule has 0 aliphatic rings. The molecular weight excluding hydrogens is 494 g/mol. The summed E-state index contributed by atoms with van der Waals surface area (Å²) in [5.74, 6) is -0.349. The zero-order valence-corrected chi connectivity index (χ0v) is 24.5. The number of alkyl carbamates (subject to hydrolysis) is 1. The Kier molecular flexibility index (Phi) is 11.1. The monoisotopic (exact) mass is 537 g/mol. The van der Waals surface area contributed by atoms with Gasteiger partial charge in [0, 0.05) is 12.2 Å². The number of benzene rings is 2. The molecule has 0 fully saturated rings. The van der Waals surface area contributed by atoms with Gasteiger partial charge in [0.25, 0.3) is 5.91 Å². The van der Waals surface area contributed by atoms with E-state index in [-0.39, 0.29) is 18.4 Å². The van der Waals surface area contributed by atoms with Crippen molar-refractivity contribution in [1.29, 1.82) is 0 Å². The van der Waals surface area contributed by atoms with Crippen molar-refractivity contribution < 1.29 is 23.9 Å². The Morgan fingerprint density at radius 3 is 2.13 bits per heavy atom.